The van der Waals surface area contributed by atoms with E-state index in [1.165, 1.54) is 22.0 Å². The zero-order chi connectivity index (χ0) is 14.9. The molecule has 20 heavy (non-hydrogen) atoms. The summed E-state index contributed by atoms with van der Waals surface area (Å²) in [4.78, 5) is 23.8. The van der Waals surface area contributed by atoms with Crippen LogP contribution in [-0.2, 0) is 4.74 Å². The Hall–Kier alpha value is -1.92. The van der Waals surface area contributed by atoms with Gasteiger partial charge in [0.2, 0.25) is 0 Å². The maximum Gasteiger partial charge on any atom is 0.410 e. The quantitative estimate of drug-likeness (QED) is 0.777. The van der Waals surface area contributed by atoms with Crippen molar-refractivity contribution >= 4 is 12.4 Å². The van der Waals surface area contributed by atoms with Crippen molar-refractivity contribution in [2.24, 2.45) is 0 Å². The highest BCUT2D eigenvalue weighted by molar-refractivity contribution is 5.73. The smallest absolute Gasteiger partial charge is 0.410 e. The second-order valence-corrected chi connectivity index (χ2v) is 5.84. The van der Waals surface area contributed by atoms with Crippen LogP contribution in [0.4, 0.5) is 9.18 Å². The van der Waals surface area contributed by atoms with Gasteiger partial charge in [-0.2, -0.15) is 5.10 Å². The van der Waals surface area contributed by atoms with Crippen LogP contribution in [0.25, 0.3) is 0 Å². The van der Waals surface area contributed by atoms with E-state index in [0.717, 1.165) is 0 Å². The average molecular weight is 283 g/mol. The SMILES string of the molecule is CC(C)(C)OC(=O)N1C[C@@H](n2cc(C=O)cn2)[C@@H](F)C1. The van der Waals surface area contributed by atoms with Gasteiger partial charge in [-0.1, -0.05) is 0 Å². The number of rotatable bonds is 2. The number of ether oxygens (including phenoxy) is 1. The Bertz CT molecular complexity index is 509. The Morgan fingerprint density at radius 1 is 1.50 bits per heavy atom. The highest BCUT2D eigenvalue weighted by Crippen LogP contribution is 2.26. The van der Waals surface area contributed by atoms with Gasteiger partial charge in [-0.3, -0.25) is 9.48 Å². The van der Waals surface area contributed by atoms with E-state index in [2.05, 4.69) is 5.10 Å². The Kier molecular flexibility index (Phi) is 3.78. The Morgan fingerprint density at radius 3 is 2.75 bits per heavy atom. The fourth-order valence-electron chi connectivity index (χ4n) is 2.07. The first-order chi connectivity index (χ1) is 9.30. The van der Waals surface area contributed by atoms with Crippen LogP contribution in [0, 0.1) is 0 Å². The first kappa shape index (κ1) is 14.5. The number of hydrogen-bond donors (Lipinski definition) is 0. The van der Waals surface area contributed by atoms with Crippen molar-refractivity contribution in [3.8, 4) is 0 Å². The third-order valence-corrected chi connectivity index (χ3v) is 2.97. The van der Waals surface area contributed by atoms with E-state index in [9.17, 15) is 14.0 Å². The molecule has 0 radical (unpaired) electrons. The van der Waals surface area contributed by atoms with Gasteiger partial charge in [0, 0.05) is 12.7 Å². The fraction of sp³-hybridized carbons (Fsp3) is 0.615. The molecule has 0 unspecified atom stereocenters. The van der Waals surface area contributed by atoms with Gasteiger partial charge in [-0.05, 0) is 20.8 Å². The fourth-order valence-corrected chi connectivity index (χ4v) is 2.07. The maximum absolute atomic E-state index is 14.0. The number of carbonyl (C=O) groups excluding carboxylic acids is 2. The summed E-state index contributed by atoms with van der Waals surface area (Å²) >= 11 is 0. The molecule has 1 aromatic heterocycles. The normalized spacial score (nSPS) is 22.9. The van der Waals surface area contributed by atoms with Gasteiger partial charge in [0.15, 0.2) is 6.29 Å². The zero-order valence-corrected chi connectivity index (χ0v) is 11.7. The Balaban J connectivity index is 2.05. The lowest BCUT2D eigenvalue weighted by atomic mass is 10.2. The van der Waals surface area contributed by atoms with Gasteiger partial charge in [0.25, 0.3) is 0 Å². The Morgan fingerprint density at radius 2 is 2.20 bits per heavy atom. The van der Waals surface area contributed by atoms with Crippen molar-refractivity contribution in [3.63, 3.8) is 0 Å². The summed E-state index contributed by atoms with van der Waals surface area (Å²) in [6, 6.07) is -0.587. The van der Waals surface area contributed by atoms with Gasteiger partial charge in [0.1, 0.15) is 17.8 Å². The third-order valence-electron chi connectivity index (χ3n) is 2.97. The lowest BCUT2D eigenvalue weighted by Gasteiger charge is -2.24. The zero-order valence-electron chi connectivity index (χ0n) is 11.7. The molecule has 0 aromatic carbocycles. The molecule has 1 aliphatic rings. The molecule has 0 aliphatic carbocycles. The summed E-state index contributed by atoms with van der Waals surface area (Å²) in [7, 11) is 0. The van der Waals surface area contributed by atoms with E-state index in [4.69, 9.17) is 4.74 Å². The molecule has 1 fully saturated rings. The number of likely N-dealkylation sites (tertiary alicyclic amines) is 1. The summed E-state index contributed by atoms with van der Waals surface area (Å²) < 4.78 is 20.6. The topological polar surface area (TPSA) is 64.4 Å². The number of aldehydes is 1. The minimum absolute atomic E-state index is 0.0319. The number of halogens is 1. The molecule has 1 saturated heterocycles. The molecular formula is C13H18FN3O3. The molecule has 2 atom stereocenters. The molecule has 1 aliphatic heterocycles. The van der Waals surface area contributed by atoms with E-state index in [0.29, 0.717) is 11.8 Å². The van der Waals surface area contributed by atoms with Crippen molar-refractivity contribution in [2.45, 2.75) is 38.6 Å². The summed E-state index contributed by atoms with van der Waals surface area (Å²) in [6.45, 7) is 5.42. The predicted molar refractivity (Wildman–Crippen MR) is 69.4 cm³/mol. The van der Waals surface area contributed by atoms with Crippen molar-refractivity contribution in [1.29, 1.82) is 0 Å². The molecule has 1 amide bonds. The standard InChI is InChI=1S/C13H18FN3O3/c1-13(2,3)20-12(19)16-6-10(14)11(7-16)17-5-9(8-18)4-15-17/h4-5,8,10-11H,6-7H2,1-3H3/t10-,11+/m0/s1. The number of aromatic nitrogens is 2. The number of nitrogens with zero attached hydrogens (tertiary/aromatic N) is 3. The second-order valence-electron chi connectivity index (χ2n) is 5.84. The van der Waals surface area contributed by atoms with E-state index < -0.39 is 23.9 Å². The van der Waals surface area contributed by atoms with Gasteiger partial charge >= 0.3 is 6.09 Å². The van der Waals surface area contributed by atoms with Crippen LogP contribution in [-0.4, -0.2) is 51.9 Å². The molecule has 7 heteroatoms. The van der Waals surface area contributed by atoms with Gasteiger partial charge in [-0.25, -0.2) is 9.18 Å². The molecule has 0 N–H and O–H groups in total. The average Bonchev–Trinajstić information content (AvgIpc) is 2.92. The first-order valence-electron chi connectivity index (χ1n) is 6.41. The molecule has 1 aromatic rings. The second kappa shape index (κ2) is 5.22. The van der Waals surface area contributed by atoms with E-state index >= 15 is 0 Å². The van der Waals surface area contributed by atoms with Crippen LogP contribution >= 0.6 is 0 Å². The first-order valence-corrected chi connectivity index (χ1v) is 6.41. The monoisotopic (exact) mass is 283 g/mol. The van der Waals surface area contributed by atoms with Crippen LogP contribution in [0.3, 0.4) is 0 Å². The number of hydrogen-bond acceptors (Lipinski definition) is 4. The molecule has 0 saturated carbocycles. The lowest BCUT2D eigenvalue weighted by molar-refractivity contribution is 0.0281. The molecule has 2 heterocycles. The van der Waals surface area contributed by atoms with Crippen molar-refractivity contribution < 1.29 is 18.7 Å². The summed E-state index contributed by atoms with van der Waals surface area (Å²) in [5.74, 6) is 0. The largest absolute Gasteiger partial charge is 0.444 e. The minimum Gasteiger partial charge on any atom is -0.444 e. The minimum atomic E-state index is -1.23. The molecular weight excluding hydrogens is 265 g/mol. The number of carbonyl (C=O) groups is 2. The van der Waals surface area contributed by atoms with Crippen molar-refractivity contribution in [3.05, 3.63) is 18.0 Å². The summed E-state index contributed by atoms with van der Waals surface area (Å²) in [5.41, 5.74) is -0.231. The maximum atomic E-state index is 14.0. The molecule has 2 rings (SSSR count). The van der Waals surface area contributed by atoms with Crippen LogP contribution in [0.5, 0.6) is 0 Å². The molecule has 6 nitrogen and oxygen atoms in total. The van der Waals surface area contributed by atoms with Crippen LogP contribution < -0.4 is 0 Å². The van der Waals surface area contributed by atoms with E-state index in [-0.39, 0.29) is 13.1 Å². The van der Waals surface area contributed by atoms with E-state index in [1.807, 2.05) is 0 Å². The van der Waals surface area contributed by atoms with E-state index in [1.54, 1.807) is 20.8 Å². The predicted octanol–water partition coefficient (Wildman–Crippen LogP) is 1.83. The van der Waals surface area contributed by atoms with Gasteiger partial charge in [-0.15, -0.1) is 0 Å². The molecule has 0 bridgehead atoms. The van der Waals surface area contributed by atoms with Crippen molar-refractivity contribution in [1.82, 2.24) is 14.7 Å². The lowest BCUT2D eigenvalue weighted by Crippen LogP contribution is -2.35. The van der Waals surface area contributed by atoms with Gasteiger partial charge in [0.05, 0.1) is 18.3 Å². The van der Waals surface area contributed by atoms with Crippen LogP contribution in [0.15, 0.2) is 12.4 Å². The summed E-state index contributed by atoms with van der Waals surface area (Å²) in [6.07, 6.45) is 1.73. The van der Waals surface area contributed by atoms with Crippen LogP contribution in [0.2, 0.25) is 0 Å². The highest BCUT2D eigenvalue weighted by Gasteiger charge is 2.38. The van der Waals surface area contributed by atoms with Crippen molar-refractivity contribution in [2.75, 3.05) is 13.1 Å². The number of amides is 1. The van der Waals surface area contributed by atoms with Crippen LogP contribution in [0.1, 0.15) is 37.2 Å². The molecule has 0 spiro atoms. The summed E-state index contributed by atoms with van der Waals surface area (Å²) in [5, 5.41) is 3.95. The third kappa shape index (κ3) is 3.15. The number of alkyl halides is 1. The highest BCUT2D eigenvalue weighted by atomic mass is 19.1. The Labute approximate surface area is 116 Å². The van der Waals surface area contributed by atoms with Gasteiger partial charge < -0.3 is 9.64 Å². The molecule has 110 valence electrons.